The van der Waals surface area contributed by atoms with Gasteiger partial charge in [-0.1, -0.05) is 0 Å². The highest BCUT2D eigenvalue weighted by molar-refractivity contribution is 5.37. The summed E-state index contributed by atoms with van der Waals surface area (Å²) >= 11 is 0. The minimum atomic E-state index is 0.179. The van der Waals surface area contributed by atoms with Gasteiger partial charge >= 0.3 is 0 Å². The number of nitrogens with two attached hydrogens (primary N) is 1. The van der Waals surface area contributed by atoms with Crippen molar-refractivity contribution >= 4 is 5.82 Å². The zero-order valence-electron chi connectivity index (χ0n) is 8.66. The highest BCUT2D eigenvalue weighted by Gasteiger charge is 2.00. The molecule has 1 unspecified atom stereocenters. The largest absolute Gasteiger partial charge is 0.380 e. The van der Waals surface area contributed by atoms with Crippen LogP contribution in [0.5, 0.6) is 0 Å². The summed E-state index contributed by atoms with van der Waals surface area (Å²) in [4.78, 5) is 4.17. The predicted octanol–water partition coefficient (Wildman–Crippen LogP) is 0.987. The van der Waals surface area contributed by atoms with Crippen LogP contribution in [0.4, 0.5) is 5.82 Å². The Labute approximate surface area is 84.5 Å². The van der Waals surface area contributed by atoms with E-state index in [1.807, 2.05) is 19.1 Å². The van der Waals surface area contributed by atoms with E-state index < -0.39 is 0 Å². The lowest BCUT2D eigenvalue weighted by Gasteiger charge is -2.11. The monoisotopic (exact) mass is 195 g/mol. The maximum atomic E-state index is 5.52. The average Bonchev–Trinajstić information content (AvgIpc) is 2.26. The summed E-state index contributed by atoms with van der Waals surface area (Å²) in [6.07, 6.45) is 1.93. The van der Waals surface area contributed by atoms with Crippen LogP contribution in [0, 0.1) is 0 Å². The minimum absolute atomic E-state index is 0.179. The van der Waals surface area contributed by atoms with Gasteiger partial charge in [0, 0.05) is 26.4 Å². The first-order valence-corrected chi connectivity index (χ1v) is 4.68. The van der Waals surface area contributed by atoms with Gasteiger partial charge in [-0.2, -0.15) is 0 Å². The van der Waals surface area contributed by atoms with Crippen LogP contribution in [0.15, 0.2) is 18.3 Å². The van der Waals surface area contributed by atoms with E-state index in [4.69, 9.17) is 10.5 Å². The molecule has 0 radical (unpaired) electrons. The highest BCUT2D eigenvalue weighted by Crippen LogP contribution is 2.06. The number of aromatic nitrogens is 1. The van der Waals surface area contributed by atoms with Crippen molar-refractivity contribution in [3.8, 4) is 0 Å². The molecule has 0 amide bonds. The number of methoxy groups -OCH3 is 1. The number of hydrogen-bond donors (Lipinski definition) is 2. The third kappa shape index (κ3) is 3.32. The highest BCUT2D eigenvalue weighted by atomic mass is 16.5. The first-order valence-electron chi connectivity index (χ1n) is 4.68. The normalized spacial score (nSPS) is 12.5. The summed E-state index contributed by atoms with van der Waals surface area (Å²) in [5, 5.41) is 3.18. The summed E-state index contributed by atoms with van der Waals surface area (Å²) < 4.78 is 5.11. The number of nitrogens with one attached hydrogen (secondary N) is 1. The second-order valence-corrected chi connectivity index (χ2v) is 3.18. The van der Waals surface area contributed by atoms with Gasteiger partial charge in [-0.05, 0) is 24.6 Å². The van der Waals surface area contributed by atoms with Crippen molar-refractivity contribution < 1.29 is 4.74 Å². The van der Waals surface area contributed by atoms with Gasteiger partial charge in [0.05, 0.1) is 6.10 Å². The van der Waals surface area contributed by atoms with Crippen LogP contribution < -0.4 is 11.1 Å². The molecule has 3 N–H and O–H groups in total. The van der Waals surface area contributed by atoms with Crippen LogP contribution in [0.25, 0.3) is 0 Å². The zero-order chi connectivity index (χ0) is 10.4. The molecular formula is C10H17N3O. The van der Waals surface area contributed by atoms with E-state index >= 15 is 0 Å². The van der Waals surface area contributed by atoms with Crippen LogP contribution >= 0.6 is 0 Å². The quantitative estimate of drug-likeness (QED) is 0.735. The van der Waals surface area contributed by atoms with Crippen molar-refractivity contribution in [2.45, 2.75) is 19.6 Å². The summed E-state index contributed by atoms with van der Waals surface area (Å²) in [6.45, 7) is 3.29. The third-order valence-corrected chi connectivity index (χ3v) is 2.03. The molecule has 4 heteroatoms. The number of rotatable bonds is 5. The van der Waals surface area contributed by atoms with Gasteiger partial charge in [0.25, 0.3) is 0 Å². The second kappa shape index (κ2) is 5.57. The Morgan fingerprint density at radius 2 is 2.43 bits per heavy atom. The van der Waals surface area contributed by atoms with E-state index in [0.29, 0.717) is 6.54 Å². The van der Waals surface area contributed by atoms with Crippen molar-refractivity contribution in [1.82, 2.24) is 4.98 Å². The molecule has 0 aliphatic carbocycles. The molecule has 0 saturated heterocycles. The Morgan fingerprint density at radius 1 is 1.64 bits per heavy atom. The van der Waals surface area contributed by atoms with E-state index in [9.17, 15) is 0 Å². The Balaban J connectivity index is 2.50. The molecule has 4 nitrogen and oxygen atoms in total. The summed E-state index contributed by atoms with van der Waals surface area (Å²) in [5.41, 5.74) is 6.60. The van der Waals surface area contributed by atoms with Crippen LogP contribution in [0.2, 0.25) is 0 Å². The van der Waals surface area contributed by atoms with E-state index in [0.717, 1.165) is 17.9 Å². The molecule has 0 bridgehead atoms. The van der Waals surface area contributed by atoms with Crippen LogP contribution in [-0.4, -0.2) is 24.7 Å². The molecule has 1 atom stereocenters. The lowest BCUT2D eigenvalue weighted by atomic mass is 10.2. The van der Waals surface area contributed by atoms with Crippen molar-refractivity contribution in [2.24, 2.45) is 5.73 Å². The first kappa shape index (κ1) is 10.9. The van der Waals surface area contributed by atoms with Crippen molar-refractivity contribution in [1.29, 1.82) is 0 Å². The molecule has 78 valence electrons. The molecule has 0 fully saturated rings. The van der Waals surface area contributed by atoms with Gasteiger partial charge in [-0.25, -0.2) is 4.98 Å². The van der Waals surface area contributed by atoms with Gasteiger partial charge in [-0.15, -0.1) is 0 Å². The lowest BCUT2D eigenvalue weighted by Crippen LogP contribution is -2.18. The Hall–Kier alpha value is -1.13. The van der Waals surface area contributed by atoms with Crippen molar-refractivity contribution in [3.05, 3.63) is 23.9 Å². The number of nitrogens with zero attached hydrogens (tertiary/aromatic N) is 1. The first-order chi connectivity index (χ1) is 6.76. The van der Waals surface area contributed by atoms with Crippen LogP contribution in [0.1, 0.15) is 12.5 Å². The number of anilines is 1. The zero-order valence-corrected chi connectivity index (χ0v) is 8.66. The van der Waals surface area contributed by atoms with E-state index in [1.165, 1.54) is 0 Å². The van der Waals surface area contributed by atoms with Gasteiger partial charge < -0.3 is 15.8 Å². The Kier molecular flexibility index (Phi) is 4.35. The Bertz CT molecular complexity index is 278. The Morgan fingerprint density at radius 3 is 3.07 bits per heavy atom. The van der Waals surface area contributed by atoms with Crippen molar-refractivity contribution in [2.75, 3.05) is 19.0 Å². The molecule has 0 spiro atoms. The topological polar surface area (TPSA) is 60.2 Å². The molecular weight excluding hydrogens is 178 g/mol. The molecule has 0 aromatic carbocycles. The molecule has 0 aliphatic heterocycles. The van der Waals surface area contributed by atoms with Gasteiger partial charge in [-0.3, -0.25) is 0 Å². The summed E-state index contributed by atoms with van der Waals surface area (Å²) in [7, 11) is 1.69. The van der Waals surface area contributed by atoms with Gasteiger partial charge in [0.1, 0.15) is 5.82 Å². The van der Waals surface area contributed by atoms with E-state index in [1.54, 1.807) is 13.3 Å². The standard InChI is InChI=1S/C10H17N3O/c1-8(14-2)7-13-10-5-9(6-11)3-4-12-10/h3-5,8H,6-7,11H2,1-2H3,(H,12,13). The summed E-state index contributed by atoms with van der Waals surface area (Å²) in [5.74, 6) is 0.844. The van der Waals surface area contributed by atoms with Gasteiger partial charge in [0.15, 0.2) is 0 Å². The smallest absolute Gasteiger partial charge is 0.126 e. The van der Waals surface area contributed by atoms with Crippen LogP contribution in [0.3, 0.4) is 0 Å². The van der Waals surface area contributed by atoms with Gasteiger partial charge in [0.2, 0.25) is 0 Å². The second-order valence-electron chi connectivity index (χ2n) is 3.18. The fraction of sp³-hybridized carbons (Fsp3) is 0.500. The fourth-order valence-electron chi connectivity index (χ4n) is 1.03. The van der Waals surface area contributed by atoms with Crippen LogP contribution in [-0.2, 0) is 11.3 Å². The van der Waals surface area contributed by atoms with E-state index in [-0.39, 0.29) is 6.10 Å². The molecule has 1 heterocycles. The number of ether oxygens (including phenoxy) is 1. The minimum Gasteiger partial charge on any atom is -0.380 e. The maximum Gasteiger partial charge on any atom is 0.126 e. The van der Waals surface area contributed by atoms with E-state index in [2.05, 4.69) is 10.3 Å². The lowest BCUT2D eigenvalue weighted by molar-refractivity contribution is 0.128. The SMILES string of the molecule is COC(C)CNc1cc(CN)ccn1. The molecule has 1 aromatic rings. The fourth-order valence-corrected chi connectivity index (χ4v) is 1.03. The maximum absolute atomic E-state index is 5.52. The molecule has 0 aliphatic rings. The molecule has 1 aromatic heterocycles. The molecule has 1 rings (SSSR count). The number of hydrogen-bond acceptors (Lipinski definition) is 4. The molecule has 14 heavy (non-hydrogen) atoms. The number of pyridine rings is 1. The third-order valence-electron chi connectivity index (χ3n) is 2.03. The summed E-state index contributed by atoms with van der Waals surface area (Å²) in [6, 6.07) is 3.85. The van der Waals surface area contributed by atoms with Crippen molar-refractivity contribution in [3.63, 3.8) is 0 Å². The average molecular weight is 195 g/mol. The molecule has 0 saturated carbocycles. The predicted molar refractivity (Wildman–Crippen MR) is 57.1 cm³/mol.